The first-order chi connectivity index (χ1) is 53.0. The van der Waals surface area contributed by atoms with Crippen molar-refractivity contribution in [2.24, 2.45) is 23.7 Å². The van der Waals surface area contributed by atoms with Gasteiger partial charge in [0.2, 0.25) is 11.5 Å². The Kier molecular flexibility index (Phi) is 35.3. The van der Waals surface area contributed by atoms with Crippen LogP contribution in [0.25, 0.3) is 22.3 Å². The van der Waals surface area contributed by atoms with Gasteiger partial charge in [0.1, 0.15) is 38.0 Å². The van der Waals surface area contributed by atoms with E-state index in [0.29, 0.717) is 148 Å². The van der Waals surface area contributed by atoms with E-state index >= 15 is 0 Å². The number of ketones is 3. The molecule has 1 aromatic carbocycles. The maximum absolute atomic E-state index is 14.2. The van der Waals surface area contributed by atoms with E-state index in [1.165, 1.54) is 27.7 Å². The topological polar surface area (TPSA) is 378 Å². The number of alkyl halides is 3. The second kappa shape index (κ2) is 44.5. The zero-order valence-electron chi connectivity index (χ0n) is 63.0. The number of phenolic OH excluding ortho intramolecular Hbond substituents is 1. The lowest BCUT2D eigenvalue weighted by atomic mass is 9.79. The Hall–Kier alpha value is -8.48. The Bertz CT molecular complexity index is 3820. The van der Waals surface area contributed by atoms with Gasteiger partial charge in [-0.3, -0.25) is 43.3 Å². The number of nitrogens with zero attached hydrogens (tertiary/aromatic N) is 6. The molecule has 34 heteroatoms. The molecule has 0 spiro atoms. The number of carbonyl (C=O) groups excluding carboxylic acids is 9. The van der Waals surface area contributed by atoms with Gasteiger partial charge in [-0.2, -0.15) is 13.2 Å². The Morgan fingerprint density at radius 2 is 1.34 bits per heavy atom. The van der Waals surface area contributed by atoms with Crippen LogP contribution in [0, 0.1) is 23.7 Å². The average Bonchev–Trinajstić information content (AvgIpc) is 1.68. The van der Waals surface area contributed by atoms with E-state index in [-0.39, 0.29) is 111 Å². The molecule has 0 bridgehead atoms. The van der Waals surface area contributed by atoms with Crippen molar-refractivity contribution < 1.29 is 118 Å². The minimum atomic E-state index is -5.10. The molecule has 6 heterocycles. The first-order valence-electron chi connectivity index (χ1n) is 37.8. The Balaban J connectivity index is 0.611. The van der Waals surface area contributed by atoms with E-state index in [4.69, 9.17) is 61.8 Å². The number of hydrogen-bond donors (Lipinski definition) is 3. The predicted octanol–water partition coefficient (Wildman–Crippen LogP) is 6.10. The number of amides is 4. The highest BCUT2D eigenvalue weighted by atomic mass is 19.4. The van der Waals surface area contributed by atoms with Crippen LogP contribution in [0.2, 0.25) is 0 Å². The number of halogens is 3. The van der Waals surface area contributed by atoms with E-state index in [0.717, 1.165) is 47.9 Å². The summed E-state index contributed by atoms with van der Waals surface area (Å²) < 4.78 is 109. The maximum Gasteiger partial charge on any atom is 0.509 e. The normalized spacial score (nSPS) is 17.3. The van der Waals surface area contributed by atoms with Crippen LogP contribution >= 0.6 is 0 Å². The van der Waals surface area contributed by atoms with Gasteiger partial charge < -0.3 is 77.1 Å². The highest BCUT2D eigenvalue weighted by Crippen LogP contribution is 2.43. The molecule has 606 valence electrons. The number of benzene rings is 1. The van der Waals surface area contributed by atoms with Crippen molar-refractivity contribution >= 4 is 64.0 Å². The van der Waals surface area contributed by atoms with Gasteiger partial charge in [-0.05, 0) is 99.5 Å². The molecule has 31 nitrogen and oxygen atoms in total. The third kappa shape index (κ3) is 26.3. The number of ether oxygens (including phenoxy) is 12. The number of esters is 1. The van der Waals surface area contributed by atoms with Crippen molar-refractivity contribution in [2.75, 3.05) is 139 Å². The fourth-order valence-electron chi connectivity index (χ4n) is 13.3. The van der Waals surface area contributed by atoms with Crippen LogP contribution in [-0.2, 0) is 133 Å². The van der Waals surface area contributed by atoms with E-state index < -0.39 is 97.8 Å². The van der Waals surface area contributed by atoms with Crippen molar-refractivity contribution in [2.45, 2.75) is 155 Å². The summed E-state index contributed by atoms with van der Waals surface area (Å²) in [5.41, 5.74) is 1.41. The molecule has 8 rings (SSSR count). The third-order valence-corrected chi connectivity index (χ3v) is 19.4. The number of carbonyl (C=O) groups is 9. The summed E-state index contributed by atoms with van der Waals surface area (Å²) in [5, 5.41) is 23.9. The molecule has 3 unspecified atom stereocenters. The smallest absolute Gasteiger partial charge is 0.508 e. The average molecular weight is 1550 g/mol. The Labute approximate surface area is 635 Å². The SMILES string of the molecule is CCc1c2c(nc3ccc(O)cc13)-c1cc3c(c(=O)n1C2)COC(=O)C3(CC)OC(=O)OCC(NC(=O)C(CCCCNC(=O)C(F)(F)F)CC(=O)COCC(=O)CCCOCCOCCOCCOCCOCCOCCOCCOCCn1cc(CCC(=O)C2CCC(CN3C(=O)C=CC3=O)CC2)nn1)C(C)C. The van der Waals surface area contributed by atoms with E-state index in [1.54, 1.807) is 49.0 Å². The van der Waals surface area contributed by atoms with Crippen LogP contribution in [0.4, 0.5) is 18.0 Å². The molecule has 110 heavy (non-hydrogen) atoms. The number of rotatable bonds is 53. The quantitative estimate of drug-likeness (QED) is 0.0225. The molecule has 3 N–H and O–H groups in total. The van der Waals surface area contributed by atoms with Gasteiger partial charge >= 0.3 is 24.2 Å². The number of Topliss-reactive ketones (excluding diaryl/α,β-unsaturated/α-hetero) is 3. The van der Waals surface area contributed by atoms with Gasteiger partial charge in [0, 0.05) is 92.1 Å². The van der Waals surface area contributed by atoms with Crippen LogP contribution in [0.1, 0.15) is 133 Å². The molecule has 4 amide bonds. The second-order valence-corrected chi connectivity index (χ2v) is 27.6. The highest BCUT2D eigenvalue weighted by molar-refractivity contribution is 6.12. The number of imide groups is 1. The number of cyclic esters (lactones) is 1. The number of unbranched alkanes of at least 4 members (excludes halogenated alkanes) is 1. The van der Waals surface area contributed by atoms with Gasteiger partial charge in [-0.25, -0.2) is 19.3 Å². The molecule has 3 aromatic heterocycles. The minimum absolute atomic E-state index is 0.00726. The van der Waals surface area contributed by atoms with Gasteiger partial charge in [0.05, 0.1) is 146 Å². The molecular weight excluding hydrogens is 1450 g/mol. The Morgan fingerprint density at radius 1 is 0.727 bits per heavy atom. The van der Waals surface area contributed by atoms with Crippen LogP contribution in [0.15, 0.2) is 47.4 Å². The Morgan fingerprint density at radius 3 is 1.94 bits per heavy atom. The minimum Gasteiger partial charge on any atom is -0.508 e. The largest absolute Gasteiger partial charge is 0.509 e. The molecule has 4 aliphatic rings. The first-order valence-corrected chi connectivity index (χ1v) is 37.8. The van der Waals surface area contributed by atoms with Crippen molar-refractivity contribution in [1.82, 2.24) is 40.1 Å². The summed E-state index contributed by atoms with van der Waals surface area (Å²) in [6, 6.07) is 5.48. The molecule has 4 aromatic rings. The monoisotopic (exact) mass is 1550 g/mol. The number of aromatic hydroxyl groups is 1. The molecule has 3 aliphatic heterocycles. The maximum atomic E-state index is 14.2. The molecule has 1 saturated carbocycles. The summed E-state index contributed by atoms with van der Waals surface area (Å²) in [4.78, 5) is 136. The van der Waals surface area contributed by atoms with Gasteiger partial charge in [0.25, 0.3) is 17.4 Å². The number of fused-ring (bicyclic) bond motifs is 5. The van der Waals surface area contributed by atoms with Crippen molar-refractivity contribution in [3.8, 4) is 17.1 Å². The van der Waals surface area contributed by atoms with E-state index in [1.807, 2.05) is 13.1 Å². The number of aromatic nitrogens is 5. The van der Waals surface area contributed by atoms with Crippen LogP contribution in [0.5, 0.6) is 5.75 Å². The molecule has 1 aliphatic carbocycles. The second-order valence-electron chi connectivity index (χ2n) is 27.6. The molecule has 0 radical (unpaired) electrons. The van der Waals surface area contributed by atoms with Gasteiger partial charge in [-0.15, -0.1) is 5.10 Å². The first kappa shape index (κ1) is 87.1. The van der Waals surface area contributed by atoms with Crippen LogP contribution in [0.3, 0.4) is 0 Å². The molecule has 1 fully saturated rings. The van der Waals surface area contributed by atoms with Gasteiger partial charge in [0.15, 0.2) is 11.6 Å². The fourth-order valence-corrected chi connectivity index (χ4v) is 13.3. The standard InChI is InChI=1S/C76H103F3N8O23/c1-5-58-59-41-55(88)17-18-63(59)81-69-60(58)45-86-65(69)42-62-61(71(86)95)48-108-73(97)75(62,6-2)110-74(98)109-49-64(50(3)4)82-70(94)53(10-7-8-22-80-72(96)76(77,78)79)40-57(90)47-107-46-56(89)11-9-24-99-26-28-101-30-32-103-34-36-105-38-39-106-37-35-104-33-31-102-29-27-100-25-23-85-44-54(83-84-85)16-19-66(91)52-14-12-51(13-15-52)43-87-67(92)20-21-68(87)93/h17-18,20-21,41-42,44,50-53,64,88H,5-16,19,22-40,43,45-49H2,1-4H3,(H,80,96)(H,82,94). The third-order valence-electron chi connectivity index (χ3n) is 19.4. The van der Waals surface area contributed by atoms with Crippen LogP contribution < -0.4 is 16.2 Å². The summed E-state index contributed by atoms with van der Waals surface area (Å²) in [5.74, 6) is -6.13. The lowest BCUT2D eigenvalue weighted by molar-refractivity contribution is -0.175. The summed E-state index contributed by atoms with van der Waals surface area (Å²) >= 11 is 0. The number of nitrogens with one attached hydrogen (secondary N) is 2. The summed E-state index contributed by atoms with van der Waals surface area (Å²) in [6.45, 7) is 11.7. The van der Waals surface area contributed by atoms with Gasteiger partial charge in [-0.1, -0.05) is 39.3 Å². The summed E-state index contributed by atoms with van der Waals surface area (Å²) in [6.07, 6.45) is 2.63. The fraction of sp³-hybridized carbons (Fsp3) is 0.645. The molecule has 0 saturated heterocycles. The number of pyridine rings is 2. The number of aryl methyl sites for hydroxylation is 2. The van der Waals surface area contributed by atoms with E-state index in [9.17, 15) is 66.2 Å². The highest BCUT2D eigenvalue weighted by Gasteiger charge is 2.51. The zero-order chi connectivity index (χ0) is 79.0. The number of hydrogen-bond acceptors (Lipinski definition) is 26. The van der Waals surface area contributed by atoms with E-state index in [2.05, 4.69) is 15.6 Å². The molecule has 3 atom stereocenters. The van der Waals surface area contributed by atoms with Crippen LogP contribution in [-0.4, -0.2) is 238 Å². The number of phenols is 1. The predicted molar refractivity (Wildman–Crippen MR) is 385 cm³/mol. The lowest BCUT2D eigenvalue weighted by Crippen LogP contribution is -2.48. The molecular formula is C76H103F3N8O23. The lowest BCUT2D eigenvalue weighted by Gasteiger charge is -2.35. The van der Waals surface area contributed by atoms with Crippen molar-refractivity contribution in [3.05, 3.63) is 80.9 Å². The zero-order valence-corrected chi connectivity index (χ0v) is 63.0. The van der Waals surface area contributed by atoms with Crippen molar-refractivity contribution in [3.63, 3.8) is 0 Å². The van der Waals surface area contributed by atoms with Crippen molar-refractivity contribution in [1.29, 1.82) is 0 Å². The summed E-state index contributed by atoms with van der Waals surface area (Å²) in [7, 11) is 0.